The quantitative estimate of drug-likeness (QED) is 0.768. The lowest BCUT2D eigenvalue weighted by molar-refractivity contribution is -0.137. The number of benzene rings is 1. The van der Waals surface area contributed by atoms with Crippen LogP contribution < -0.4 is 0 Å². The van der Waals surface area contributed by atoms with E-state index in [0.717, 1.165) is 44.0 Å². The van der Waals surface area contributed by atoms with Crippen LogP contribution in [0.3, 0.4) is 0 Å². The molecule has 1 aliphatic carbocycles. The molecule has 2 aromatic rings. The van der Waals surface area contributed by atoms with E-state index in [1.54, 1.807) is 12.1 Å². The van der Waals surface area contributed by atoms with Crippen molar-refractivity contribution < 1.29 is 13.2 Å². The first-order valence-electron chi connectivity index (χ1n) is 9.38. The van der Waals surface area contributed by atoms with Gasteiger partial charge in [-0.1, -0.05) is 12.1 Å². The van der Waals surface area contributed by atoms with E-state index in [9.17, 15) is 13.2 Å². The summed E-state index contributed by atoms with van der Waals surface area (Å²) in [6, 6.07) is 5.55. The number of likely N-dealkylation sites (tertiary alicyclic amines) is 1. The van der Waals surface area contributed by atoms with Crippen LogP contribution in [0, 0.1) is 5.92 Å². The molecule has 4 rings (SSSR count). The van der Waals surface area contributed by atoms with Crippen LogP contribution in [0.2, 0.25) is 0 Å². The van der Waals surface area contributed by atoms with Crippen LogP contribution in [0.5, 0.6) is 0 Å². The van der Waals surface area contributed by atoms with Gasteiger partial charge in [-0.05, 0) is 55.8 Å². The summed E-state index contributed by atoms with van der Waals surface area (Å²) in [5.74, 6) is 2.40. The second-order valence-corrected chi connectivity index (χ2v) is 7.65. The minimum atomic E-state index is -4.27. The largest absolute Gasteiger partial charge is 0.416 e. The first-order chi connectivity index (χ1) is 12.5. The molecule has 2 fully saturated rings. The van der Waals surface area contributed by atoms with Gasteiger partial charge in [0.15, 0.2) is 0 Å². The van der Waals surface area contributed by atoms with Crippen LogP contribution in [0.1, 0.15) is 48.6 Å². The van der Waals surface area contributed by atoms with Gasteiger partial charge in [-0.2, -0.15) is 13.2 Å². The predicted molar refractivity (Wildman–Crippen MR) is 93.6 cm³/mol. The van der Waals surface area contributed by atoms with Crippen LogP contribution in [0.25, 0.3) is 0 Å². The molecule has 26 heavy (non-hydrogen) atoms. The Morgan fingerprint density at radius 1 is 1.08 bits per heavy atom. The van der Waals surface area contributed by atoms with Gasteiger partial charge < -0.3 is 4.57 Å². The molecule has 2 aliphatic rings. The molecule has 1 saturated carbocycles. The molecular formula is C20H24F3N3. The molecule has 0 N–H and O–H groups in total. The summed E-state index contributed by atoms with van der Waals surface area (Å²) in [5.41, 5.74) is 0.347. The zero-order valence-corrected chi connectivity index (χ0v) is 14.8. The van der Waals surface area contributed by atoms with Gasteiger partial charge in [0.05, 0.1) is 5.56 Å². The van der Waals surface area contributed by atoms with Crippen molar-refractivity contribution in [2.45, 2.75) is 50.9 Å². The zero-order chi connectivity index (χ0) is 18.1. The first kappa shape index (κ1) is 17.6. The van der Waals surface area contributed by atoms with Crippen LogP contribution in [-0.4, -0.2) is 27.5 Å². The Hall–Kier alpha value is -1.82. The minimum absolute atomic E-state index is 0.409. The van der Waals surface area contributed by atoms with Gasteiger partial charge in [0.2, 0.25) is 0 Å². The molecule has 1 aromatic heterocycles. The highest BCUT2D eigenvalue weighted by Crippen LogP contribution is 2.33. The lowest BCUT2D eigenvalue weighted by atomic mass is 9.96. The van der Waals surface area contributed by atoms with Gasteiger partial charge in [0, 0.05) is 37.9 Å². The number of piperidine rings is 1. The predicted octanol–water partition coefficient (Wildman–Crippen LogP) is 4.69. The number of imidazole rings is 1. The molecule has 1 atom stereocenters. The van der Waals surface area contributed by atoms with E-state index in [1.165, 1.54) is 30.8 Å². The third-order valence-corrected chi connectivity index (χ3v) is 5.46. The van der Waals surface area contributed by atoms with Gasteiger partial charge in [-0.15, -0.1) is 0 Å². The fraction of sp³-hybridized carbons (Fsp3) is 0.550. The summed E-state index contributed by atoms with van der Waals surface area (Å²) in [4.78, 5) is 6.95. The molecule has 0 spiro atoms. The Kier molecular flexibility index (Phi) is 4.78. The Morgan fingerprint density at radius 2 is 1.85 bits per heavy atom. The third kappa shape index (κ3) is 4.11. The number of hydrogen-bond donors (Lipinski definition) is 0. The zero-order valence-electron chi connectivity index (χ0n) is 14.8. The van der Waals surface area contributed by atoms with Crippen LogP contribution in [0.4, 0.5) is 13.2 Å². The topological polar surface area (TPSA) is 21.1 Å². The summed E-state index contributed by atoms with van der Waals surface area (Å²) in [6.45, 7) is 3.67. The fourth-order valence-corrected chi connectivity index (χ4v) is 3.88. The Labute approximate surface area is 151 Å². The molecule has 1 aromatic carbocycles. The number of aromatic nitrogens is 2. The average Bonchev–Trinajstić information content (AvgIpc) is 3.30. The molecule has 0 radical (unpaired) electrons. The van der Waals surface area contributed by atoms with E-state index in [1.807, 2.05) is 6.20 Å². The van der Waals surface area contributed by atoms with Crippen molar-refractivity contribution in [3.63, 3.8) is 0 Å². The van der Waals surface area contributed by atoms with E-state index >= 15 is 0 Å². The van der Waals surface area contributed by atoms with Crippen molar-refractivity contribution in [2.24, 2.45) is 5.92 Å². The average molecular weight is 363 g/mol. The summed E-state index contributed by atoms with van der Waals surface area (Å²) < 4.78 is 40.4. The van der Waals surface area contributed by atoms with Crippen molar-refractivity contribution in [3.05, 3.63) is 53.6 Å². The van der Waals surface area contributed by atoms with E-state index in [0.29, 0.717) is 12.5 Å². The molecule has 3 nitrogen and oxygen atoms in total. The monoisotopic (exact) mass is 363 g/mol. The van der Waals surface area contributed by atoms with Crippen LogP contribution in [-0.2, 0) is 19.3 Å². The molecule has 140 valence electrons. The first-order valence-corrected chi connectivity index (χ1v) is 9.38. The van der Waals surface area contributed by atoms with E-state index in [2.05, 4.69) is 20.6 Å². The lowest BCUT2D eigenvalue weighted by Crippen LogP contribution is -2.35. The van der Waals surface area contributed by atoms with Crippen LogP contribution >= 0.6 is 0 Å². The number of alkyl halides is 3. The van der Waals surface area contributed by atoms with Gasteiger partial charge in [0.25, 0.3) is 0 Å². The summed E-state index contributed by atoms with van der Waals surface area (Å²) in [6.07, 6.45) is 4.58. The van der Waals surface area contributed by atoms with E-state index in [-0.39, 0.29) is 0 Å². The molecule has 6 heteroatoms. The fourth-order valence-electron chi connectivity index (χ4n) is 3.88. The third-order valence-electron chi connectivity index (χ3n) is 5.46. The second-order valence-electron chi connectivity index (χ2n) is 7.65. The molecule has 0 unspecified atom stereocenters. The second kappa shape index (κ2) is 7.06. The van der Waals surface area contributed by atoms with Gasteiger partial charge in [-0.3, -0.25) is 4.90 Å². The van der Waals surface area contributed by atoms with Gasteiger partial charge in [-0.25, -0.2) is 4.98 Å². The van der Waals surface area contributed by atoms with Crippen molar-refractivity contribution >= 4 is 0 Å². The summed E-state index contributed by atoms with van der Waals surface area (Å²) in [5, 5.41) is 0. The lowest BCUT2D eigenvalue weighted by Gasteiger charge is -2.32. The minimum Gasteiger partial charge on any atom is -0.334 e. The van der Waals surface area contributed by atoms with Crippen molar-refractivity contribution in [1.29, 1.82) is 0 Å². The smallest absolute Gasteiger partial charge is 0.334 e. The highest BCUT2D eigenvalue weighted by atomic mass is 19.4. The molecular weight excluding hydrogens is 339 g/mol. The van der Waals surface area contributed by atoms with E-state index in [4.69, 9.17) is 0 Å². The number of hydrogen-bond acceptors (Lipinski definition) is 2. The molecule has 0 amide bonds. The summed E-state index contributed by atoms with van der Waals surface area (Å²) in [7, 11) is 0. The Balaban J connectivity index is 1.40. The normalized spacial score (nSPS) is 21.9. The molecule has 2 heterocycles. The maximum Gasteiger partial charge on any atom is 0.416 e. The van der Waals surface area contributed by atoms with Crippen molar-refractivity contribution in [3.8, 4) is 0 Å². The number of nitrogens with zero attached hydrogens (tertiary/aromatic N) is 3. The molecule has 1 saturated heterocycles. The van der Waals surface area contributed by atoms with Crippen molar-refractivity contribution in [1.82, 2.24) is 14.5 Å². The summed E-state index contributed by atoms with van der Waals surface area (Å²) >= 11 is 0. The van der Waals surface area contributed by atoms with Crippen molar-refractivity contribution in [2.75, 3.05) is 13.1 Å². The SMILES string of the molecule is FC(F)(F)c1ccc(CN2CCC[C@@H](c3nccn3CC3CC3)C2)cc1. The van der Waals surface area contributed by atoms with Gasteiger partial charge >= 0.3 is 6.18 Å². The molecule has 0 bridgehead atoms. The number of halogens is 3. The Morgan fingerprint density at radius 3 is 2.54 bits per heavy atom. The Bertz CT molecular complexity index is 732. The van der Waals surface area contributed by atoms with Gasteiger partial charge in [0.1, 0.15) is 5.82 Å². The maximum atomic E-state index is 12.7. The number of rotatable bonds is 5. The standard InChI is InChI=1S/C20H24F3N3/c21-20(22,23)18-7-5-15(6-8-18)12-25-10-1-2-17(14-25)19-24-9-11-26(19)13-16-3-4-16/h5-9,11,16-17H,1-4,10,12-14H2/t17-/m1/s1. The van der Waals surface area contributed by atoms with Crippen LogP contribution in [0.15, 0.2) is 36.7 Å². The molecule has 1 aliphatic heterocycles. The maximum absolute atomic E-state index is 12.7. The highest BCUT2D eigenvalue weighted by Gasteiger charge is 2.30. The van der Waals surface area contributed by atoms with E-state index < -0.39 is 11.7 Å². The highest BCUT2D eigenvalue weighted by molar-refractivity contribution is 5.24.